The second kappa shape index (κ2) is 8.78. The fourth-order valence-corrected chi connectivity index (χ4v) is 4.24. The summed E-state index contributed by atoms with van der Waals surface area (Å²) in [5.74, 6) is 0.114. The van der Waals surface area contributed by atoms with Crippen molar-refractivity contribution in [2.24, 2.45) is 10.2 Å². The van der Waals surface area contributed by atoms with Gasteiger partial charge in [-0.2, -0.15) is 5.10 Å². The number of halogens is 1. The average Bonchev–Trinajstić information content (AvgIpc) is 3.19. The van der Waals surface area contributed by atoms with E-state index >= 15 is 0 Å². The van der Waals surface area contributed by atoms with Gasteiger partial charge in [0.25, 0.3) is 0 Å². The second-order valence-corrected chi connectivity index (χ2v) is 9.56. The average molecular weight is 468 g/mol. The quantitative estimate of drug-likeness (QED) is 0.568. The van der Waals surface area contributed by atoms with E-state index < -0.39 is 10.0 Å². The number of phenols is 1. The van der Waals surface area contributed by atoms with Crippen LogP contribution in [0.4, 0.5) is 5.69 Å². The van der Waals surface area contributed by atoms with Gasteiger partial charge >= 0.3 is 0 Å². The predicted octanol–water partition coefficient (Wildman–Crippen LogP) is 4.70. The van der Waals surface area contributed by atoms with Crippen LogP contribution in [-0.4, -0.2) is 25.3 Å². The molecule has 1 heterocycles. The maximum absolute atomic E-state index is 11.6. The Balaban J connectivity index is 1.73. The summed E-state index contributed by atoms with van der Waals surface area (Å²) in [6.45, 7) is 1.83. The first-order valence-electron chi connectivity index (χ1n) is 9.95. The summed E-state index contributed by atoms with van der Waals surface area (Å²) >= 11 is 6.29. The molecule has 0 amide bonds. The number of primary sulfonamides is 1. The Morgan fingerprint density at radius 3 is 2.47 bits per heavy atom. The van der Waals surface area contributed by atoms with Gasteiger partial charge in [-0.25, -0.2) is 13.6 Å². The minimum atomic E-state index is -3.79. The monoisotopic (exact) mass is 467 g/mol. The van der Waals surface area contributed by atoms with Crippen molar-refractivity contribution in [3.05, 3.63) is 94.5 Å². The molecular formula is C24H22ClN3O3S. The summed E-state index contributed by atoms with van der Waals surface area (Å²) in [4.78, 5) is 0.0315. The van der Waals surface area contributed by atoms with Crippen molar-refractivity contribution in [1.82, 2.24) is 0 Å². The minimum Gasteiger partial charge on any atom is -0.507 e. The van der Waals surface area contributed by atoms with Gasteiger partial charge in [-0.3, -0.25) is 5.01 Å². The molecule has 0 aromatic heterocycles. The molecule has 0 radical (unpaired) electrons. The number of sulfonamides is 1. The maximum Gasteiger partial charge on any atom is 0.238 e. The Morgan fingerprint density at radius 2 is 1.81 bits per heavy atom. The Hall–Kier alpha value is -3.13. The molecule has 0 saturated heterocycles. The van der Waals surface area contributed by atoms with Gasteiger partial charge in [0.1, 0.15) is 5.75 Å². The topological polar surface area (TPSA) is 96.0 Å². The summed E-state index contributed by atoms with van der Waals surface area (Å²) in [6.07, 6.45) is 4.58. The van der Waals surface area contributed by atoms with Gasteiger partial charge in [0, 0.05) is 17.0 Å². The molecule has 0 bridgehead atoms. The molecule has 3 aromatic rings. The number of aromatic hydroxyl groups is 1. The van der Waals surface area contributed by atoms with Gasteiger partial charge in [-0.05, 0) is 54.4 Å². The number of hydrogen-bond acceptors (Lipinski definition) is 5. The van der Waals surface area contributed by atoms with Crippen LogP contribution in [0.3, 0.4) is 0 Å². The van der Waals surface area contributed by atoms with Crippen molar-refractivity contribution in [2.75, 3.05) is 5.01 Å². The number of benzene rings is 3. The zero-order valence-corrected chi connectivity index (χ0v) is 18.9. The predicted molar refractivity (Wildman–Crippen MR) is 129 cm³/mol. The van der Waals surface area contributed by atoms with Crippen molar-refractivity contribution in [3.8, 4) is 5.75 Å². The lowest BCUT2D eigenvalue weighted by Gasteiger charge is -2.21. The normalized spacial score (nSPS) is 16.5. The molecule has 1 aliphatic heterocycles. The Labute approximate surface area is 192 Å². The molecule has 32 heavy (non-hydrogen) atoms. The van der Waals surface area contributed by atoms with Crippen LogP contribution in [-0.2, 0) is 10.0 Å². The molecule has 0 saturated carbocycles. The number of rotatable bonds is 5. The maximum atomic E-state index is 11.6. The number of anilines is 1. The van der Waals surface area contributed by atoms with Crippen LogP contribution in [0.15, 0.2) is 82.8 Å². The smallest absolute Gasteiger partial charge is 0.238 e. The lowest BCUT2D eigenvalue weighted by atomic mass is 10.0. The number of phenolic OH excluding ortho intramolecular Hbond substituents is 1. The summed E-state index contributed by atoms with van der Waals surface area (Å²) < 4.78 is 23.2. The number of aryl methyl sites for hydroxylation is 1. The third-order valence-electron chi connectivity index (χ3n) is 5.27. The number of hydrazone groups is 1. The molecular weight excluding hydrogens is 446 g/mol. The standard InChI is InChI=1S/C24H22ClN3O3S/c1-16-13-24(29)21(15-22(16)25)23-14-19(8-7-17-5-3-2-4-6-17)28(27-23)18-9-11-20(12-10-18)32(26,30)31/h2-13,15,19,29H,14H2,1H3,(H2,26,30,31)/b8-7+. The largest absolute Gasteiger partial charge is 0.507 e. The molecule has 0 aliphatic carbocycles. The molecule has 0 spiro atoms. The van der Waals surface area contributed by atoms with Gasteiger partial charge in [0.15, 0.2) is 0 Å². The molecule has 1 aliphatic rings. The molecule has 0 fully saturated rings. The highest BCUT2D eigenvalue weighted by Gasteiger charge is 2.28. The fourth-order valence-electron chi connectivity index (χ4n) is 3.56. The molecule has 4 rings (SSSR count). The van der Waals surface area contributed by atoms with Crippen molar-refractivity contribution in [2.45, 2.75) is 24.3 Å². The van der Waals surface area contributed by atoms with E-state index in [9.17, 15) is 13.5 Å². The van der Waals surface area contributed by atoms with Crippen LogP contribution in [0.1, 0.15) is 23.1 Å². The van der Waals surface area contributed by atoms with Crippen molar-refractivity contribution < 1.29 is 13.5 Å². The van der Waals surface area contributed by atoms with E-state index in [1.807, 2.05) is 49.4 Å². The Kier molecular flexibility index (Phi) is 6.06. The van der Waals surface area contributed by atoms with Gasteiger partial charge in [-0.1, -0.05) is 54.1 Å². The molecule has 3 aromatic carbocycles. The fraction of sp³-hybridized carbons (Fsp3) is 0.125. The zero-order chi connectivity index (χ0) is 22.9. The molecule has 1 unspecified atom stereocenters. The molecule has 164 valence electrons. The van der Waals surface area contributed by atoms with E-state index in [4.69, 9.17) is 21.8 Å². The van der Waals surface area contributed by atoms with Crippen LogP contribution in [0, 0.1) is 6.92 Å². The SMILES string of the molecule is Cc1cc(O)c(C2=NN(c3ccc(S(N)(=O)=O)cc3)C(/C=C/c3ccccc3)C2)cc1Cl. The first-order valence-corrected chi connectivity index (χ1v) is 11.9. The molecule has 8 heteroatoms. The Bertz CT molecular complexity index is 1300. The van der Waals surface area contributed by atoms with Crippen LogP contribution in [0.2, 0.25) is 5.02 Å². The van der Waals surface area contributed by atoms with Crippen molar-refractivity contribution in [3.63, 3.8) is 0 Å². The first kappa shape index (κ1) is 22.1. The molecule has 6 nitrogen and oxygen atoms in total. The summed E-state index contributed by atoms with van der Waals surface area (Å²) in [6, 6.07) is 19.3. The van der Waals surface area contributed by atoms with E-state index in [-0.39, 0.29) is 16.7 Å². The van der Waals surface area contributed by atoms with E-state index in [0.717, 1.165) is 11.1 Å². The van der Waals surface area contributed by atoms with Gasteiger partial charge in [0.2, 0.25) is 10.0 Å². The molecule has 3 N–H and O–H groups in total. The summed E-state index contributed by atoms with van der Waals surface area (Å²) in [5.41, 5.74) is 3.78. The highest BCUT2D eigenvalue weighted by atomic mass is 35.5. The van der Waals surface area contributed by atoms with E-state index in [0.29, 0.717) is 28.4 Å². The number of nitrogens with zero attached hydrogens (tertiary/aromatic N) is 2. The third-order valence-corrected chi connectivity index (χ3v) is 6.61. The number of hydrogen-bond donors (Lipinski definition) is 2. The highest BCUT2D eigenvalue weighted by molar-refractivity contribution is 7.89. The lowest BCUT2D eigenvalue weighted by molar-refractivity contribution is 0.473. The van der Waals surface area contributed by atoms with Crippen molar-refractivity contribution in [1.29, 1.82) is 0 Å². The van der Waals surface area contributed by atoms with Crippen LogP contribution in [0.5, 0.6) is 5.75 Å². The van der Waals surface area contributed by atoms with E-state index in [1.165, 1.54) is 12.1 Å². The molecule has 1 atom stereocenters. The summed E-state index contributed by atoms with van der Waals surface area (Å²) in [5, 5.41) is 22.8. The number of nitrogens with two attached hydrogens (primary N) is 1. The van der Waals surface area contributed by atoms with E-state index in [1.54, 1.807) is 29.3 Å². The van der Waals surface area contributed by atoms with Crippen molar-refractivity contribution >= 4 is 39.1 Å². The highest BCUT2D eigenvalue weighted by Crippen LogP contribution is 2.33. The van der Waals surface area contributed by atoms with E-state index in [2.05, 4.69) is 0 Å². The van der Waals surface area contributed by atoms with Crippen LogP contribution in [0.25, 0.3) is 6.08 Å². The zero-order valence-electron chi connectivity index (χ0n) is 17.3. The lowest BCUT2D eigenvalue weighted by Crippen LogP contribution is -2.24. The van der Waals surface area contributed by atoms with Crippen LogP contribution >= 0.6 is 11.6 Å². The Morgan fingerprint density at radius 1 is 1.12 bits per heavy atom. The van der Waals surface area contributed by atoms with Gasteiger partial charge < -0.3 is 5.11 Å². The minimum absolute atomic E-state index is 0.0315. The second-order valence-electron chi connectivity index (χ2n) is 7.59. The first-order chi connectivity index (χ1) is 15.2. The third kappa shape index (κ3) is 4.70. The van der Waals surface area contributed by atoms with Gasteiger partial charge in [0.05, 0.1) is 22.3 Å². The van der Waals surface area contributed by atoms with Gasteiger partial charge in [-0.15, -0.1) is 0 Å². The summed E-state index contributed by atoms with van der Waals surface area (Å²) in [7, 11) is -3.79. The van der Waals surface area contributed by atoms with Crippen LogP contribution < -0.4 is 10.1 Å².